The Balaban J connectivity index is 1.36. The minimum atomic E-state index is -0.995. The topological polar surface area (TPSA) is 94.2 Å². The zero-order valence-corrected chi connectivity index (χ0v) is 15.3. The van der Waals surface area contributed by atoms with E-state index in [1.54, 1.807) is 12.1 Å². The normalized spacial score (nSPS) is 25.9. The number of nitrogens with zero attached hydrogens (tertiary/aromatic N) is 4. The van der Waals surface area contributed by atoms with Crippen molar-refractivity contribution in [2.24, 2.45) is 11.8 Å². The number of hydrogen-bond acceptors (Lipinski definition) is 7. The molecule has 2 aromatic heterocycles. The molecule has 29 heavy (non-hydrogen) atoms. The number of phenols is 1. The number of aromatic nitrogens is 4. The summed E-state index contributed by atoms with van der Waals surface area (Å²) in [5, 5.41) is 25.4. The molecule has 2 fully saturated rings. The van der Waals surface area contributed by atoms with E-state index < -0.39 is 18.1 Å². The minimum Gasteiger partial charge on any atom is -0.507 e. The van der Waals surface area contributed by atoms with Crippen molar-refractivity contribution < 1.29 is 23.0 Å². The Hall–Kier alpha value is -3.10. The molecule has 150 valence electrons. The molecule has 3 aromatic rings. The first-order valence-electron chi connectivity index (χ1n) is 9.52. The monoisotopic (exact) mass is 400 g/mol. The van der Waals surface area contributed by atoms with Gasteiger partial charge in [0.15, 0.2) is 0 Å². The SMILES string of the molecule is Oc1cc(-c2nnco2)c(F)cc1-c1ccc(O[C@@H]2C[C@H]3CC[C@H](C3)[C@@H]2F)nn1. The van der Waals surface area contributed by atoms with Crippen LogP contribution in [0.3, 0.4) is 0 Å². The highest BCUT2D eigenvalue weighted by atomic mass is 19.1. The number of alkyl halides is 1. The number of halogens is 2. The second kappa shape index (κ2) is 7.06. The van der Waals surface area contributed by atoms with Gasteiger partial charge in [0.05, 0.1) is 11.3 Å². The third kappa shape index (κ3) is 3.30. The Kier molecular flexibility index (Phi) is 4.37. The predicted octanol–water partition coefficient (Wildman–Crippen LogP) is 3.94. The van der Waals surface area contributed by atoms with Gasteiger partial charge in [-0.25, -0.2) is 8.78 Å². The number of rotatable bonds is 4. The van der Waals surface area contributed by atoms with Crippen molar-refractivity contribution in [3.8, 4) is 34.3 Å². The Bertz CT molecular complexity index is 1010. The molecule has 0 aliphatic heterocycles. The van der Waals surface area contributed by atoms with E-state index in [-0.39, 0.29) is 40.3 Å². The maximum atomic E-state index is 14.6. The van der Waals surface area contributed by atoms with E-state index in [0.717, 1.165) is 31.7 Å². The highest BCUT2D eigenvalue weighted by Gasteiger charge is 2.43. The molecule has 0 unspecified atom stereocenters. The second-order valence-corrected chi connectivity index (χ2v) is 7.63. The lowest BCUT2D eigenvalue weighted by atomic mass is 9.85. The Labute approximate surface area is 164 Å². The second-order valence-electron chi connectivity index (χ2n) is 7.63. The maximum absolute atomic E-state index is 14.6. The quantitative estimate of drug-likeness (QED) is 0.709. The molecule has 1 aromatic carbocycles. The van der Waals surface area contributed by atoms with E-state index >= 15 is 0 Å². The first kappa shape index (κ1) is 18.0. The van der Waals surface area contributed by atoms with Gasteiger partial charge in [0, 0.05) is 11.6 Å². The summed E-state index contributed by atoms with van der Waals surface area (Å²) in [6.45, 7) is 0. The fraction of sp³-hybridized carbons (Fsp3) is 0.400. The molecule has 2 aliphatic carbocycles. The van der Waals surface area contributed by atoms with Crippen LogP contribution in [0.5, 0.6) is 11.6 Å². The molecule has 0 radical (unpaired) electrons. The fourth-order valence-electron chi connectivity index (χ4n) is 4.40. The largest absolute Gasteiger partial charge is 0.507 e. The van der Waals surface area contributed by atoms with Crippen molar-refractivity contribution >= 4 is 0 Å². The number of aromatic hydroxyl groups is 1. The summed E-state index contributed by atoms with van der Waals surface area (Å²) in [5.41, 5.74) is 0.396. The summed E-state index contributed by atoms with van der Waals surface area (Å²) >= 11 is 0. The van der Waals surface area contributed by atoms with E-state index in [4.69, 9.17) is 9.15 Å². The van der Waals surface area contributed by atoms with Crippen LogP contribution < -0.4 is 4.74 Å². The van der Waals surface area contributed by atoms with Crippen molar-refractivity contribution in [3.63, 3.8) is 0 Å². The Morgan fingerprint density at radius 1 is 1.07 bits per heavy atom. The van der Waals surface area contributed by atoms with Crippen LogP contribution in [0.25, 0.3) is 22.7 Å². The lowest BCUT2D eigenvalue weighted by Crippen LogP contribution is -2.38. The van der Waals surface area contributed by atoms with Gasteiger partial charge in [0.1, 0.15) is 23.8 Å². The highest BCUT2D eigenvalue weighted by Crippen LogP contribution is 2.44. The summed E-state index contributed by atoms with van der Waals surface area (Å²) < 4.78 is 39.7. The van der Waals surface area contributed by atoms with Gasteiger partial charge in [-0.05, 0) is 55.7 Å². The van der Waals surface area contributed by atoms with Crippen molar-refractivity contribution in [2.45, 2.75) is 38.0 Å². The summed E-state index contributed by atoms with van der Waals surface area (Å²) in [5.74, 6) is -0.103. The van der Waals surface area contributed by atoms with Crippen LogP contribution >= 0.6 is 0 Å². The molecule has 4 atom stereocenters. The molecule has 0 spiro atoms. The van der Waals surface area contributed by atoms with Gasteiger partial charge < -0.3 is 14.3 Å². The average molecular weight is 400 g/mol. The van der Waals surface area contributed by atoms with Crippen LogP contribution in [0.15, 0.2) is 35.1 Å². The molecule has 2 saturated carbocycles. The summed E-state index contributed by atoms with van der Waals surface area (Å²) in [7, 11) is 0. The van der Waals surface area contributed by atoms with E-state index in [1.165, 1.54) is 6.07 Å². The van der Waals surface area contributed by atoms with Crippen molar-refractivity contribution in [1.29, 1.82) is 0 Å². The Morgan fingerprint density at radius 3 is 2.72 bits per heavy atom. The van der Waals surface area contributed by atoms with Gasteiger partial charge in [0.25, 0.3) is 5.89 Å². The lowest BCUT2D eigenvalue weighted by Gasteiger charge is -2.31. The first-order chi connectivity index (χ1) is 14.1. The molecule has 1 N–H and O–H groups in total. The molecule has 2 bridgehead atoms. The molecule has 2 aliphatic rings. The lowest BCUT2D eigenvalue weighted by molar-refractivity contribution is 0.0223. The number of ether oxygens (including phenoxy) is 1. The number of fused-ring (bicyclic) bond motifs is 2. The molecule has 9 heteroatoms. The van der Waals surface area contributed by atoms with Crippen LogP contribution in [0.1, 0.15) is 25.7 Å². The summed E-state index contributed by atoms with van der Waals surface area (Å²) in [6, 6.07) is 5.41. The van der Waals surface area contributed by atoms with Crippen LogP contribution in [-0.4, -0.2) is 37.8 Å². The number of phenolic OH excluding ortho intramolecular Hbond substituents is 1. The van der Waals surface area contributed by atoms with Gasteiger partial charge in [-0.2, -0.15) is 0 Å². The molecule has 5 rings (SSSR count). The zero-order valence-electron chi connectivity index (χ0n) is 15.3. The average Bonchev–Trinajstić information content (AvgIpc) is 3.39. The van der Waals surface area contributed by atoms with Gasteiger partial charge in [-0.15, -0.1) is 20.4 Å². The van der Waals surface area contributed by atoms with Crippen molar-refractivity contribution in [3.05, 3.63) is 36.5 Å². The molecule has 0 saturated heterocycles. The molecular formula is C20H18F2N4O3. The standard InChI is InChI=1S/C20H18F2N4O3/c21-14-7-13(16(27)8-12(14)20-26-23-9-28-20)15-3-4-18(25-24-15)29-17-6-10-1-2-11(5-10)19(17)22/h3-4,7-11,17,19,27H,1-2,5-6H2/t10-,11+,17+,19-/m0/s1. The summed E-state index contributed by atoms with van der Waals surface area (Å²) in [4.78, 5) is 0. The van der Waals surface area contributed by atoms with E-state index in [9.17, 15) is 13.9 Å². The molecule has 7 nitrogen and oxygen atoms in total. The van der Waals surface area contributed by atoms with Gasteiger partial charge in [0.2, 0.25) is 12.3 Å². The molecule has 0 amide bonds. The predicted molar refractivity (Wildman–Crippen MR) is 97.1 cm³/mol. The third-order valence-electron chi connectivity index (χ3n) is 5.82. The van der Waals surface area contributed by atoms with Crippen LogP contribution in [0, 0.1) is 17.7 Å². The number of benzene rings is 1. The van der Waals surface area contributed by atoms with Gasteiger partial charge >= 0.3 is 0 Å². The van der Waals surface area contributed by atoms with E-state index in [2.05, 4.69) is 20.4 Å². The zero-order chi connectivity index (χ0) is 20.0. The smallest absolute Gasteiger partial charge is 0.250 e. The van der Waals surface area contributed by atoms with Gasteiger partial charge in [-0.1, -0.05) is 0 Å². The maximum Gasteiger partial charge on any atom is 0.250 e. The Morgan fingerprint density at radius 2 is 1.97 bits per heavy atom. The number of hydrogen-bond donors (Lipinski definition) is 1. The van der Waals surface area contributed by atoms with Crippen LogP contribution in [0.2, 0.25) is 0 Å². The van der Waals surface area contributed by atoms with E-state index in [0.29, 0.717) is 12.3 Å². The van der Waals surface area contributed by atoms with Crippen molar-refractivity contribution in [1.82, 2.24) is 20.4 Å². The molecular weight excluding hydrogens is 382 g/mol. The molecule has 2 heterocycles. The highest BCUT2D eigenvalue weighted by molar-refractivity contribution is 5.71. The fourth-order valence-corrected chi connectivity index (χ4v) is 4.40. The van der Waals surface area contributed by atoms with Crippen LogP contribution in [0.4, 0.5) is 8.78 Å². The van der Waals surface area contributed by atoms with E-state index in [1.807, 2.05) is 0 Å². The van der Waals surface area contributed by atoms with Crippen LogP contribution in [-0.2, 0) is 0 Å². The minimum absolute atomic E-state index is 0.0161. The van der Waals surface area contributed by atoms with Gasteiger partial charge in [-0.3, -0.25) is 0 Å². The third-order valence-corrected chi connectivity index (χ3v) is 5.82. The first-order valence-corrected chi connectivity index (χ1v) is 9.52. The van der Waals surface area contributed by atoms with Crippen molar-refractivity contribution in [2.75, 3.05) is 0 Å². The summed E-state index contributed by atoms with van der Waals surface area (Å²) in [6.07, 6.45) is 3.16.